The van der Waals surface area contributed by atoms with Crippen LogP contribution in [0, 0.1) is 10.8 Å². The minimum Gasteiger partial charge on any atom is -0.497 e. The third kappa shape index (κ3) is 5.52. The maximum Gasteiger partial charge on any atom is 0.289 e. The van der Waals surface area contributed by atoms with Gasteiger partial charge in [0.05, 0.1) is 13.7 Å². The van der Waals surface area contributed by atoms with Gasteiger partial charge in [-0.25, -0.2) is 0 Å². The Bertz CT molecular complexity index is 1180. The summed E-state index contributed by atoms with van der Waals surface area (Å²) < 4.78 is 11.5. The number of furan rings is 1. The monoisotopic (exact) mass is 486 g/mol. The van der Waals surface area contributed by atoms with E-state index in [1.54, 1.807) is 7.11 Å². The molecule has 0 radical (unpaired) electrons. The number of fused-ring (bicyclic) bond motifs is 2. The summed E-state index contributed by atoms with van der Waals surface area (Å²) in [4.78, 5) is 17.9. The van der Waals surface area contributed by atoms with Crippen LogP contribution in [0.2, 0.25) is 0 Å². The summed E-state index contributed by atoms with van der Waals surface area (Å²) in [6, 6.07) is 22.8. The van der Waals surface area contributed by atoms with Gasteiger partial charge in [0.2, 0.25) is 0 Å². The molecule has 2 unspecified atom stereocenters. The van der Waals surface area contributed by atoms with Gasteiger partial charge in [-0.2, -0.15) is 0 Å². The largest absolute Gasteiger partial charge is 0.497 e. The molecule has 36 heavy (non-hydrogen) atoms. The topological polar surface area (TPSA) is 45.9 Å². The molecule has 0 N–H and O–H groups in total. The highest BCUT2D eigenvalue weighted by Gasteiger charge is 2.51. The number of amides is 1. The van der Waals surface area contributed by atoms with Crippen molar-refractivity contribution in [3.8, 4) is 5.75 Å². The molecule has 2 bridgehead atoms. The van der Waals surface area contributed by atoms with E-state index in [4.69, 9.17) is 9.15 Å². The number of methoxy groups -OCH3 is 1. The van der Waals surface area contributed by atoms with Crippen molar-refractivity contribution < 1.29 is 13.9 Å². The second-order valence-electron chi connectivity index (χ2n) is 11.9. The van der Waals surface area contributed by atoms with E-state index < -0.39 is 0 Å². The van der Waals surface area contributed by atoms with Crippen LogP contribution in [0.25, 0.3) is 0 Å². The number of rotatable bonds is 8. The second-order valence-corrected chi connectivity index (χ2v) is 11.9. The number of ether oxygens (including phenoxy) is 1. The van der Waals surface area contributed by atoms with Crippen LogP contribution in [0.3, 0.4) is 0 Å². The molecule has 2 aliphatic rings. The van der Waals surface area contributed by atoms with Crippen LogP contribution in [-0.4, -0.2) is 35.4 Å². The van der Waals surface area contributed by atoms with Crippen LogP contribution in [0.1, 0.15) is 67.5 Å². The molecule has 0 spiro atoms. The Kier molecular flexibility index (Phi) is 6.69. The Morgan fingerprint density at radius 3 is 2.33 bits per heavy atom. The first-order valence-corrected chi connectivity index (χ1v) is 13.0. The number of likely N-dealkylation sites (tertiary alicyclic amines) is 1. The third-order valence-electron chi connectivity index (χ3n) is 7.74. The molecule has 2 fully saturated rings. The SMILES string of the molecule is COc1ccc(CN(Cc2ccccc2)Cc2ccc(C(=O)N3CC4(C)CC3CC(C)(C)C4)o2)cc1. The molecule has 2 heterocycles. The van der Waals surface area contributed by atoms with E-state index in [-0.39, 0.29) is 16.7 Å². The molecule has 1 aliphatic carbocycles. The molecular weight excluding hydrogens is 448 g/mol. The summed E-state index contributed by atoms with van der Waals surface area (Å²) in [5, 5.41) is 0. The Hall–Kier alpha value is -3.05. The lowest BCUT2D eigenvalue weighted by Crippen LogP contribution is -2.37. The third-order valence-corrected chi connectivity index (χ3v) is 7.74. The lowest BCUT2D eigenvalue weighted by Gasteiger charge is -2.39. The summed E-state index contributed by atoms with van der Waals surface area (Å²) in [5.41, 5.74) is 2.94. The van der Waals surface area contributed by atoms with Crippen molar-refractivity contribution in [3.63, 3.8) is 0 Å². The van der Waals surface area contributed by atoms with Crippen LogP contribution in [0.15, 0.2) is 71.1 Å². The molecule has 1 aliphatic heterocycles. The maximum atomic E-state index is 13.5. The zero-order valence-electron chi connectivity index (χ0n) is 22.0. The van der Waals surface area contributed by atoms with Gasteiger partial charge in [-0.1, -0.05) is 63.2 Å². The highest BCUT2D eigenvalue weighted by Crippen LogP contribution is 2.52. The molecule has 5 heteroatoms. The van der Waals surface area contributed by atoms with E-state index in [0.29, 0.717) is 18.3 Å². The maximum absolute atomic E-state index is 13.5. The molecule has 3 aromatic rings. The molecule has 1 saturated heterocycles. The summed E-state index contributed by atoms with van der Waals surface area (Å²) in [6.45, 7) is 10.0. The second kappa shape index (κ2) is 9.78. The Balaban J connectivity index is 1.30. The van der Waals surface area contributed by atoms with Crippen LogP contribution in [-0.2, 0) is 19.6 Å². The summed E-state index contributed by atoms with van der Waals surface area (Å²) >= 11 is 0. The quantitative estimate of drug-likeness (QED) is 0.363. The van der Waals surface area contributed by atoms with E-state index in [1.807, 2.05) is 30.3 Å². The van der Waals surface area contributed by atoms with E-state index >= 15 is 0 Å². The summed E-state index contributed by atoms with van der Waals surface area (Å²) in [7, 11) is 1.68. The molecule has 1 saturated carbocycles. The molecule has 1 amide bonds. The molecule has 1 aromatic heterocycles. The molecule has 190 valence electrons. The first-order chi connectivity index (χ1) is 17.2. The molecule has 5 nitrogen and oxygen atoms in total. The zero-order chi connectivity index (χ0) is 25.3. The van der Waals surface area contributed by atoms with E-state index in [2.05, 4.69) is 67.0 Å². The van der Waals surface area contributed by atoms with Crippen molar-refractivity contribution in [3.05, 3.63) is 89.4 Å². The van der Waals surface area contributed by atoms with Gasteiger partial charge in [-0.3, -0.25) is 9.69 Å². The standard InChI is InChI=1S/C31H38N2O3/c1-30(2)16-25-17-31(3,21-30)22-33(25)29(34)28-15-14-27(36-28)20-32(18-23-8-6-5-7-9-23)19-24-10-12-26(35-4)13-11-24/h5-15,25H,16-22H2,1-4H3. The number of hydrogen-bond acceptors (Lipinski definition) is 4. The first kappa shape index (κ1) is 24.6. The Morgan fingerprint density at radius 1 is 0.944 bits per heavy atom. The fourth-order valence-corrected chi connectivity index (χ4v) is 6.64. The van der Waals surface area contributed by atoms with Gasteiger partial charge >= 0.3 is 0 Å². The Labute approximate surface area is 215 Å². The van der Waals surface area contributed by atoms with Crippen molar-refractivity contribution in [1.29, 1.82) is 0 Å². The first-order valence-electron chi connectivity index (χ1n) is 13.0. The van der Waals surface area contributed by atoms with Gasteiger partial charge in [0.15, 0.2) is 5.76 Å². The zero-order valence-corrected chi connectivity index (χ0v) is 22.0. The number of carbonyl (C=O) groups is 1. The average Bonchev–Trinajstić information content (AvgIpc) is 3.40. The van der Waals surface area contributed by atoms with Gasteiger partial charge in [-0.05, 0) is 65.5 Å². The van der Waals surface area contributed by atoms with Gasteiger partial charge in [0, 0.05) is 25.7 Å². The van der Waals surface area contributed by atoms with Gasteiger partial charge in [-0.15, -0.1) is 0 Å². The number of nitrogens with zero attached hydrogens (tertiary/aromatic N) is 2. The van der Waals surface area contributed by atoms with Crippen molar-refractivity contribution in [2.75, 3.05) is 13.7 Å². The summed E-state index contributed by atoms with van der Waals surface area (Å²) in [6.07, 6.45) is 3.33. The van der Waals surface area contributed by atoms with E-state index in [1.165, 1.54) is 17.5 Å². The lowest BCUT2D eigenvalue weighted by atomic mass is 9.65. The fraction of sp³-hybridized carbons (Fsp3) is 0.452. The Morgan fingerprint density at radius 2 is 1.64 bits per heavy atom. The average molecular weight is 487 g/mol. The predicted octanol–water partition coefficient (Wildman–Crippen LogP) is 6.53. The smallest absolute Gasteiger partial charge is 0.289 e. The van der Waals surface area contributed by atoms with E-state index in [9.17, 15) is 4.79 Å². The molecule has 2 atom stereocenters. The van der Waals surface area contributed by atoms with Gasteiger partial charge in [0.1, 0.15) is 11.5 Å². The molecule has 5 rings (SSSR count). The van der Waals surface area contributed by atoms with Crippen LogP contribution in [0.4, 0.5) is 0 Å². The van der Waals surface area contributed by atoms with Crippen molar-refractivity contribution in [2.45, 2.75) is 65.7 Å². The van der Waals surface area contributed by atoms with Crippen molar-refractivity contribution >= 4 is 5.91 Å². The highest BCUT2D eigenvalue weighted by atomic mass is 16.5. The van der Waals surface area contributed by atoms with Crippen LogP contribution >= 0.6 is 0 Å². The van der Waals surface area contributed by atoms with Gasteiger partial charge in [0.25, 0.3) is 5.91 Å². The lowest BCUT2D eigenvalue weighted by molar-refractivity contribution is 0.0672. The van der Waals surface area contributed by atoms with Crippen LogP contribution < -0.4 is 4.74 Å². The van der Waals surface area contributed by atoms with E-state index in [0.717, 1.165) is 44.0 Å². The van der Waals surface area contributed by atoms with Crippen molar-refractivity contribution in [2.24, 2.45) is 10.8 Å². The molecule has 2 aromatic carbocycles. The number of carbonyl (C=O) groups excluding carboxylic acids is 1. The number of benzene rings is 2. The van der Waals surface area contributed by atoms with Crippen molar-refractivity contribution in [1.82, 2.24) is 9.80 Å². The number of hydrogen-bond donors (Lipinski definition) is 0. The summed E-state index contributed by atoms with van der Waals surface area (Å²) in [5.74, 6) is 2.17. The minimum atomic E-state index is 0.0393. The van der Waals surface area contributed by atoms with Gasteiger partial charge < -0.3 is 14.1 Å². The van der Waals surface area contributed by atoms with Crippen LogP contribution in [0.5, 0.6) is 5.75 Å². The minimum absolute atomic E-state index is 0.0393. The predicted molar refractivity (Wildman–Crippen MR) is 142 cm³/mol. The normalized spacial score (nSPS) is 22.7. The fourth-order valence-electron chi connectivity index (χ4n) is 6.64. The highest BCUT2D eigenvalue weighted by molar-refractivity contribution is 5.92. The molecular formula is C31H38N2O3.